The molecule has 1 heterocycles. The average molecular weight is 522 g/mol. The van der Waals surface area contributed by atoms with Gasteiger partial charge in [0.25, 0.3) is 5.91 Å². The second-order valence-corrected chi connectivity index (χ2v) is 8.56. The third-order valence-corrected chi connectivity index (χ3v) is 5.83. The molecule has 0 bridgehead atoms. The molecule has 0 saturated carbocycles. The van der Waals surface area contributed by atoms with Crippen LogP contribution in [0.1, 0.15) is 28.9 Å². The van der Waals surface area contributed by atoms with Crippen molar-refractivity contribution in [2.45, 2.75) is 31.9 Å². The molecule has 37 heavy (non-hydrogen) atoms. The molecule has 1 amide bonds. The molecule has 0 saturated heterocycles. The highest BCUT2D eigenvalue weighted by Gasteiger charge is 2.10. The first-order valence-electron chi connectivity index (χ1n) is 12.1. The molecule has 0 aliphatic carbocycles. The number of imidazole rings is 1. The second kappa shape index (κ2) is 14.1. The largest absolute Gasteiger partial charge is 0.490 e. The van der Waals surface area contributed by atoms with E-state index in [-0.39, 0.29) is 18.1 Å². The Morgan fingerprint density at radius 1 is 0.919 bits per heavy atom. The number of carbonyl (C=O) groups excluding carboxylic acids is 1. The summed E-state index contributed by atoms with van der Waals surface area (Å²) in [6.45, 7) is 1.24. The number of amides is 1. The molecule has 0 unspecified atom stereocenters. The van der Waals surface area contributed by atoms with E-state index in [0.717, 1.165) is 35.5 Å². The minimum atomic E-state index is -0.578. The van der Waals surface area contributed by atoms with Crippen molar-refractivity contribution in [2.24, 2.45) is 5.73 Å². The Morgan fingerprint density at radius 2 is 1.59 bits per heavy atom. The van der Waals surface area contributed by atoms with Gasteiger partial charge in [-0.2, -0.15) is 0 Å². The van der Waals surface area contributed by atoms with Gasteiger partial charge in [-0.25, -0.2) is 4.98 Å². The topological polar surface area (TPSA) is 99.6 Å². The second-order valence-electron chi connectivity index (χ2n) is 8.56. The number of aliphatic hydroxyl groups excluding tert-OH is 1. The van der Waals surface area contributed by atoms with E-state index >= 15 is 0 Å². The van der Waals surface area contributed by atoms with Crippen LogP contribution in [0.25, 0.3) is 11.1 Å². The van der Waals surface area contributed by atoms with E-state index in [4.69, 9.17) is 15.2 Å². The number of benzene rings is 3. The molecule has 0 radical (unpaired) electrons. The molecule has 3 aromatic carbocycles. The standard InChI is InChI=1S/C29H31N3O4.ClH/c30-29(34)27-20-32(21-31-27)19-25(33)11-6-10-24-9-4-5-12-28(24)36-18-17-35-26-15-13-23(14-16-26)22-7-2-1-3-8-22;/h1-5,7-9,12-16,20-21,25,33H,6,10-11,17-19H2,(H2,30,34);1H/t25-;/m0./s1. The number of aliphatic hydroxyl groups is 1. The quantitative estimate of drug-likeness (QED) is 0.243. The van der Waals surface area contributed by atoms with E-state index in [1.165, 1.54) is 11.9 Å². The number of carbonyl (C=O) groups is 1. The minimum Gasteiger partial charge on any atom is -0.490 e. The first-order chi connectivity index (χ1) is 17.6. The number of aryl methyl sites for hydroxylation is 1. The van der Waals surface area contributed by atoms with Crippen molar-refractivity contribution in [1.82, 2.24) is 9.55 Å². The molecular formula is C29H32ClN3O4. The Bertz CT molecular complexity index is 1250. The van der Waals surface area contributed by atoms with Crippen LogP contribution in [-0.4, -0.2) is 39.9 Å². The fourth-order valence-electron chi connectivity index (χ4n) is 3.99. The molecule has 4 aromatic rings. The number of nitrogens with zero attached hydrogens (tertiary/aromatic N) is 2. The van der Waals surface area contributed by atoms with Gasteiger partial charge in [0.2, 0.25) is 0 Å². The average Bonchev–Trinajstić information content (AvgIpc) is 3.37. The number of nitrogens with two attached hydrogens (primary N) is 1. The van der Waals surface area contributed by atoms with E-state index < -0.39 is 12.0 Å². The van der Waals surface area contributed by atoms with Crippen molar-refractivity contribution >= 4 is 18.3 Å². The molecule has 0 aliphatic rings. The van der Waals surface area contributed by atoms with Crippen molar-refractivity contribution in [3.8, 4) is 22.6 Å². The van der Waals surface area contributed by atoms with Crippen molar-refractivity contribution in [3.05, 3.63) is 103 Å². The maximum Gasteiger partial charge on any atom is 0.268 e. The summed E-state index contributed by atoms with van der Waals surface area (Å²) in [5, 5.41) is 10.3. The normalized spacial score (nSPS) is 11.4. The summed E-state index contributed by atoms with van der Waals surface area (Å²) >= 11 is 0. The van der Waals surface area contributed by atoms with Gasteiger partial charge in [0.1, 0.15) is 30.4 Å². The molecule has 194 valence electrons. The number of hydrogen-bond donors (Lipinski definition) is 2. The van der Waals surface area contributed by atoms with Crippen LogP contribution in [0, 0.1) is 0 Å². The Hall–Kier alpha value is -3.81. The highest BCUT2D eigenvalue weighted by molar-refractivity contribution is 5.90. The van der Waals surface area contributed by atoms with Crippen LogP contribution >= 0.6 is 12.4 Å². The molecule has 1 aromatic heterocycles. The van der Waals surface area contributed by atoms with Crippen LogP contribution in [0.3, 0.4) is 0 Å². The van der Waals surface area contributed by atoms with Crippen molar-refractivity contribution in [2.75, 3.05) is 13.2 Å². The highest BCUT2D eigenvalue weighted by Crippen LogP contribution is 2.23. The van der Waals surface area contributed by atoms with E-state index in [0.29, 0.717) is 26.2 Å². The fourth-order valence-corrected chi connectivity index (χ4v) is 3.99. The Morgan fingerprint density at radius 3 is 2.32 bits per heavy atom. The zero-order chi connectivity index (χ0) is 25.2. The first kappa shape index (κ1) is 27.8. The predicted octanol–water partition coefficient (Wildman–Crippen LogP) is 4.91. The molecule has 1 atom stereocenters. The summed E-state index contributed by atoms with van der Waals surface area (Å²) in [5.74, 6) is 1.06. The van der Waals surface area contributed by atoms with Gasteiger partial charge < -0.3 is 24.9 Å². The summed E-state index contributed by atoms with van der Waals surface area (Å²) in [4.78, 5) is 15.1. The van der Waals surface area contributed by atoms with Crippen LogP contribution in [0.15, 0.2) is 91.4 Å². The van der Waals surface area contributed by atoms with E-state index in [2.05, 4.69) is 29.2 Å². The lowest BCUT2D eigenvalue weighted by atomic mass is 10.0. The van der Waals surface area contributed by atoms with Crippen LogP contribution in [0.2, 0.25) is 0 Å². The molecule has 4 rings (SSSR count). The lowest BCUT2D eigenvalue weighted by Gasteiger charge is -2.14. The molecular weight excluding hydrogens is 490 g/mol. The van der Waals surface area contributed by atoms with Gasteiger partial charge in [0, 0.05) is 12.7 Å². The predicted molar refractivity (Wildman–Crippen MR) is 146 cm³/mol. The van der Waals surface area contributed by atoms with Crippen molar-refractivity contribution in [1.29, 1.82) is 0 Å². The first-order valence-corrected chi connectivity index (χ1v) is 12.1. The highest BCUT2D eigenvalue weighted by atomic mass is 35.5. The number of primary amides is 1. The maximum absolute atomic E-state index is 11.2. The summed E-state index contributed by atoms with van der Waals surface area (Å²) < 4.78 is 13.5. The van der Waals surface area contributed by atoms with Crippen LogP contribution < -0.4 is 15.2 Å². The number of ether oxygens (including phenoxy) is 2. The smallest absolute Gasteiger partial charge is 0.268 e. The Labute approximate surface area is 223 Å². The monoisotopic (exact) mass is 521 g/mol. The van der Waals surface area contributed by atoms with Gasteiger partial charge in [-0.15, -0.1) is 12.4 Å². The zero-order valence-corrected chi connectivity index (χ0v) is 21.3. The Balaban J connectivity index is 0.00000380. The van der Waals surface area contributed by atoms with E-state index in [9.17, 15) is 9.90 Å². The zero-order valence-electron chi connectivity index (χ0n) is 20.5. The number of rotatable bonds is 13. The molecule has 0 aliphatic heterocycles. The van der Waals surface area contributed by atoms with Crippen LogP contribution in [-0.2, 0) is 13.0 Å². The number of para-hydroxylation sites is 1. The third-order valence-electron chi connectivity index (χ3n) is 5.83. The maximum atomic E-state index is 11.2. The lowest BCUT2D eigenvalue weighted by molar-refractivity contribution is 0.0995. The minimum absolute atomic E-state index is 0. The van der Waals surface area contributed by atoms with E-state index in [1.807, 2.05) is 54.6 Å². The Kier molecular flexibility index (Phi) is 10.6. The summed E-state index contributed by atoms with van der Waals surface area (Å²) in [5.41, 5.74) is 8.84. The molecule has 7 nitrogen and oxygen atoms in total. The molecule has 0 fully saturated rings. The number of halogens is 1. The molecule has 3 N–H and O–H groups in total. The van der Waals surface area contributed by atoms with Crippen LogP contribution in [0.4, 0.5) is 0 Å². The van der Waals surface area contributed by atoms with Gasteiger partial charge in [-0.3, -0.25) is 4.79 Å². The molecule has 8 heteroatoms. The number of hydrogen-bond acceptors (Lipinski definition) is 5. The van der Waals surface area contributed by atoms with Crippen molar-refractivity contribution in [3.63, 3.8) is 0 Å². The fraction of sp³-hybridized carbons (Fsp3) is 0.241. The van der Waals surface area contributed by atoms with Gasteiger partial charge in [-0.05, 0) is 54.2 Å². The SMILES string of the molecule is Cl.NC(=O)c1cn(C[C@@H](O)CCCc2ccccc2OCCOc2ccc(-c3ccccc3)cc2)cn1. The third kappa shape index (κ3) is 8.37. The van der Waals surface area contributed by atoms with Gasteiger partial charge in [-0.1, -0.05) is 60.7 Å². The summed E-state index contributed by atoms with van der Waals surface area (Å²) in [6, 6.07) is 26.2. The van der Waals surface area contributed by atoms with Crippen LogP contribution in [0.5, 0.6) is 11.5 Å². The van der Waals surface area contributed by atoms with E-state index in [1.54, 1.807) is 10.8 Å². The lowest BCUT2D eigenvalue weighted by Crippen LogP contribution is -2.16. The summed E-state index contributed by atoms with van der Waals surface area (Å²) in [6.07, 6.45) is 4.70. The van der Waals surface area contributed by atoms with Gasteiger partial charge in [0.15, 0.2) is 0 Å². The van der Waals surface area contributed by atoms with Gasteiger partial charge >= 0.3 is 0 Å². The number of aromatic nitrogens is 2. The van der Waals surface area contributed by atoms with Gasteiger partial charge in [0.05, 0.1) is 12.4 Å². The molecule has 0 spiro atoms. The summed E-state index contributed by atoms with van der Waals surface area (Å²) in [7, 11) is 0. The van der Waals surface area contributed by atoms with Crippen molar-refractivity contribution < 1.29 is 19.4 Å².